The summed E-state index contributed by atoms with van der Waals surface area (Å²) in [5.41, 5.74) is 3.37. The highest BCUT2D eigenvalue weighted by atomic mass is 35.5. The van der Waals surface area contributed by atoms with E-state index in [0.717, 1.165) is 29.4 Å². The summed E-state index contributed by atoms with van der Waals surface area (Å²) in [6.45, 7) is 0. The molecule has 0 aromatic carbocycles. The molecule has 2 heterocycles. The van der Waals surface area contributed by atoms with Crippen molar-refractivity contribution in [2.75, 3.05) is 0 Å². The van der Waals surface area contributed by atoms with Crippen LogP contribution in [0.25, 0.3) is 5.69 Å². The summed E-state index contributed by atoms with van der Waals surface area (Å²) < 4.78 is 1.82. The van der Waals surface area contributed by atoms with Crippen LogP contribution in [0.15, 0.2) is 24.5 Å². The van der Waals surface area contributed by atoms with Gasteiger partial charge in [-0.25, -0.2) is 4.68 Å². The van der Waals surface area contributed by atoms with Crippen LogP contribution in [0.1, 0.15) is 24.1 Å². The zero-order chi connectivity index (χ0) is 11.0. The summed E-state index contributed by atoms with van der Waals surface area (Å²) in [4.78, 5) is 4.00. The molecular weight excluding hydrogens is 222 g/mol. The Hall–Kier alpha value is -1.35. The van der Waals surface area contributed by atoms with Crippen molar-refractivity contribution in [3.63, 3.8) is 0 Å². The smallest absolute Gasteiger partial charge is 0.136 e. The second kappa shape index (κ2) is 3.91. The van der Waals surface area contributed by atoms with Gasteiger partial charge in [-0.3, -0.25) is 4.98 Å². The maximum absolute atomic E-state index is 6.36. The highest BCUT2D eigenvalue weighted by Gasteiger charge is 2.19. The first-order valence-electron chi connectivity index (χ1n) is 5.53. The summed E-state index contributed by atoms with van der Waals surface area (Å²) >= 11 is 6.36. The molecular formula is C12H12ClN3. The molecule has 0 saturated heterocycles. The molecule has 1 aliphatic rings. The maximum atomic E-state index is 6.36. The fourth-order valence-corrected chi connectivity index (χ4v) is 2.51. The first kappa shape index (κ1) is 9.85. The Bertz CT molecular complexity index is 504. The maximum Gasteiger partial charge on any atom is 0.136 e. The van der Waals surface area contributed by atoms with Crippen molar-refractivity contribution in [1.82, 2.24) is 14.8 Å². The van der Waals surface area contributed by atoms with Gasteiger partial charge in [-0.05, 0) is 37.8 Å². The van der Waals surface area contributed by atoms with Crippen molar-refractivity contribution in [2.24, 2.45) is 0 Å². The minimum absolute atomic E-state index is 0.765. The fourth-order valence-electron chi connectivity index (χ4n) is 2.17. The van der Waals surface area contributed by atoms with Crippen LogP contribution in [0.3, 0.4) is 0 Å². The number of rotatable bonds is 1. The third-order valence-electron chi connectivity index (χ3n) is 3.00. The van der Waals surface area contributed by atoms with Gasteiger partial charge in [0.2, 0.25) is 0 Å². The molecule has 16 heavy (non-hydrogen) atoms. The van der Waals surface area contributed by atoms with Crippen molar-refractivity contribution < 1.29 is 0 Å². The van der Waals surface area contributed by atoms with Crippen molar-refractivity contribution in [3.8, 4) is 5.69 Å². The summed E-state index contributed by atoms with van der Waals surface area (Å²) in [5, 5.41) is 5.34. The van der Waals surface area contributed by atoms with Gasteiger partial charge in [0.05, 0.1) is 11.4 Å². The van der Waals surface area contributed by atoms with E-state index in [0.29, 0.717) is 0 Å². The Morgan fingerprint density at radius 3 is 2.62 bits per heavy atom. The lowest BCUT2D eigenvalue weighted by Gasteiger charge is -2.07. The number of nitrogens with zero attached hydrogens (tertiary/aromatic N) is 3. The van der Waals surface area contributed by atoms with Crippen LogP contribution >= 0.6 is 11.6 Å². The van der Waals surface area contributed by atoms with E-state index in [4.69, 9.17) is 11.6 Å². The molecule has 0 fully saturated rings. The third-order valence-corrected chi connectivity index (χ3v) is 3.39. The quantitative estimate of drug-likeness (QED) is 0.758. The van der Waals surface area contributed by atoms with Crippen LogP contribution in [0.2, 0.25) is 5.15 Å². The molecule has 2 aromatic rings. The molecule has 0 N–H and O–H groups in total. The molecule has 1 aliphatic carbocycles. The number of halogens is 1. The van der Waals surface area contributed by atoms with Crippen LogP contribution in [0, 0.1) is 0 Å². The number of hydrogen-bond donors (Lipinski definition) is 0. The average molecular weight is 234 g/mol. The minimum atomic E-state index is 0.765. The van der Waals surface area contributed by atoms with Gasteiger partial charge in [-0.15, -0.1) is 0 Å². The van der Waals surface area contributed by atoms with Gasteiger partial charge in [0.25, 0.3) is 0 Å². The monoisotopic (exact) mass is 233 g/mol. The molecule has 4 heteroatoms. The molecule has 3 rings (SSSR count). The molecule has 0 unspecified atom stereocenters. The first-order chi connectivity index (χ1) is 7.86. The van der Waals surface area contributed by atoms with E-state index in [1.54, 1.807) is 12.4 Å². The predicted molar refractivity (Wildman–Crippen MR) is 63.0 cm³/mol. The van der Waals surface area contributed by atoms with Gasteiger partial charge >= 0.3 is 0 Å². The van der Waals surface area contributed by atoms with Crippen LogP contribution in [-0.4, -0.2) is 14.8 Å². The fraction of sp³-hybridized carbons (Fsp3) is 0.333. The molecule has 82 valence electrons. The Morgan fingerprint density at radius 1 is 1.12 bits per heavy atom. The second-order valence-corrected chi connectivity index (χ2v) is 4.40. The van der Waals surface area contributed by atoms with Crippen LogP contribution in [0.4, 0.5) is 0 Å². The molecule has 0 aliphatic heterocycles. The van der Waals surface area contributed by atoms with Gasteiger partial charge in [0, 0.05) is 18.0 Å². The van der Waals surface area contributed by atoms with Crippen molar-refractivity contribution >= 4 is 11.6 Å². The van der Waals surface area contributed by atoms with Crippen LogP contribution in [0.5, 0.6) is 0 Å². The molecule has 0 atom stereocenters. The Kier molecular flexibility index (Phi) is 2.40. The molecule has 0 spiro atoms. The van der Waals surface area contributed by atoms with Crippen LogP contribution in [-0.2, 0) is 12.8 Å². The van der Waals surface area contributed by atoms with Crippen molar-refractivity contribution in [1.29, 1.82) is 0 Å². The van der Waals surface area contributed by atoms with Gasteiger partial charge in [-0.1, -0.05) is 11.6 Å². The minimum Gasteiger partial charge on any atom is -0.265 e. The molecule has 0 bridgehead atoms. The number of hydrogen-bond acceptors (Lipinski definition) is 2. The highest BCUT2D eigenvalue weighted by Crippen LogP contribution is 2.29. The molecule has 3 nitrogen and oxygen atoms in total. The van der Waals surface area contributed by atoms with E-state index in [1.807, 2.05) is 16.8 Å². The number of aryl methyl sites for hydroxylation is 1. The van der Waals surface area contributed by atoms with E-state index in [9.17, 15) is 0 Å². The van der Waals surface area contributed by atoms with Gasteiger partial charge in [0.15, 0.2) is 0 Å². The molecule has 2 aromatic heterocycles. The number of pyridine rings is 1. The normalized spacial score (nSPS) is 14.8. The molecule has 0 saturated carbocycles. The van der Waals surface area contributed by atoms with Crippen molar-refractivity contribution in [2.45, 2.75) is 25.7 Å². The number of fused-ring (bicyclic) bond motifs is 1. The van der Waals surface area contributed by atoms with Crippen molar-refractivity contribution in [3.05, 3.63) is 40.9 Å². The summed E-state index contributed by atoms with van der Waals surface area (Å²) in [5.74, 6) is 0. The zero-order valence-electron chi connectivity index (χ0n) is 8.86. The van der Waals surface area contributed by atoms with Crippen LogP contribution < -0.4 is 0 Å². The predicted octanol–water partition coefficient (Wildman–Crippen LogP) is 2.80. The summed E-state index contributed by atoms with van der Waals surface area (Å²) in [6.07, 6.45) is 8.05. The molecule has 0 radical (unpaired) electrons. The van der Waals surface area contributed by atoms with E-state index < -0.39 is 0 Å². The largest absolute Gasteiger partial charge is 0.265 e. The van der Waals surface area contributed by atoms with Gasteiger partial charge < -0.3 is 0 Å². The first-order valence-corrected chi connectivity index (χ1v) is 5.91. The van der Waals surface area contributed by atoms with E-state index in [-0.39, 0.29) is 0 Å². The third kappa shape index (κ3) is 1.52. The Balaban J connectivity index is 2.12. The van der Waals surface area contributed by atoms with Gasteiger partial charge in [0.1, 0.15) is 5.15 Å². The lowest BCUT2D eigenvalue weighted by molar-refractivity contribution is 0.671. The zero-order valence-corrected chi connectivity index (χ0v) is 9.61. The average Bonchev–Trinajstić information content (AvgIpc) is 2.69. The Labute approximate surface area is 99.1 Å². The Morgan fingerprint density at radius 2 is 1.88 bits per heavy atom. The lowest BCUT2D eigenvalue weighted by Crippen LogP contribution is -2.00. The summed E-state index contributed by atoms with van der Waals surface area (Å²) in [7, 11) is 0. The molecule has 0 amide bonds. The van der Waals surface area contributed by atoms with E-state index in [2.05, 4.69) is 10.1 Å². The SMILES string of the molecule is Clc1c2c(nn1-c1ccncc1)CCCC2. The van der Waals surface area contributed by atoms with E-state index in [1.165, 1.54) is 18.4 Å². The van der Waals surface area contributed by atoms with Gasteiger partial charge in [-0.2, -0.15) is 5.10 Å². The topological polar surface area (TPSA) is 30.7 Å². The van der Waals surface area contributed by atoms with E-state index >= 15 is 0 Å². The number of aromatic nitrogens is 3. The highest BCUT2D eigenvalue weighted by molar-refractivity contribution is 6.30. The standard InChI is InChI=1S/C12H12ClN3/c13-12-10-3-1-2-4-11(10)15-16(12)9-5-7-14-8-6-9/h5-8H,1-4H2. The summed E-state index contributed by atoms with van der Waals surface area (Å²) in [6, 6.07) is 3.84. The lowest BCUT2D eigenvalue weighted by atomic mass is 9.99. The second-order valence-electron chi connectivity index (χ2n) is 4.04.